The number of carbonyl (C=O) groups excluding carboxylic acids is 1. The van der Waals surface area contributed by atoms with Gasteiger partial charge in [0.2, 0.25) is 0 Å². The van der Waals surface area contributed by atoms with Gasteiger partial charge in [0.05, 0.1) is 4.58 Å². The zero-order chi connectivity index (χ0) is 12.3. The number of thioether (sulfide) groups is 2. The molecule has 17 heavy (non-hydrogen) atoms. The Morgan fingerprint density at radius 1 is 1.47 bits per heavy atom. The SMILES string of the molecule is CNC(=O)Oc1ccccc1C1SCC(C)S1. The molecule has 1 saturated heterocycles. The first kappa shape index (κ1) is 12.6. The molecule has 1 N–H and O–H groups in total. The average molecular weight is 269 g/mol. The number of hydrogen-bond acceptors (Lipinski definition) is 4. The molecule has 0 bridgehead atoms. The molecule has 2 unspecified atom stereocenters. The largest absolute Gasteiger partial charge is 0.412 e. The molecule has 92 valence electrons. The lowest BCUT2D eigenvalue weighted by atomic mass is 10.2. The summed E-state index contributed by atoms with van der Waals surface area (Å²) in [5, 5.41) is 3.12. The van der Waals surface area contributed by atoms with Crippen LogP contribution in [0.2, 0.25) is 0 Å². The van der Waals surface area contributed by atoms with E-state index in [1.54, 1.807) is 7.05 Å². The third-order valence-electron chi connectivity index (χ3n) is 2.42. The van der Waals surface area contributed by atoms with Crippen LogP contribution in [0.15, 0.2) is 24.3 Å². The molecule has 5 heteroatoms. The lowest BCUT2D eigenvalue weighted by molar-refractivity contribution is 0.202. The number of amides is 1. The van der Waals surface area contributed by atoms with Gasteiger partial charge in [-0.1, -0.05) is 25.1 Å². The van der Waals surface area contributed by atoms with Crippen LogP contribution in [0, 0.1) is 0 Å². The Labute approximate surface area is 110 Å². The minimum Gasteiger partial charge on any atom is -0.410 e. The van der Waals surface area contributed by atoms with Gasteiger partial charge in [0.15, 0.2) is 0 Å². The summed E-state index contributed by atoms with van der Waals surface area (Å²) >= 11 is 3.82. The zero-order valence-corrected chi connectivity index (χ0v) is 11.4. The Bertz CT molecular complexity index is 411. The zero-order valence-electron chi connectivity index (χ0n) is 9.80. The Balaban J connectivity index is 2.18. The van der Waals surface area contributed by atoms with E-state index in [-0.39, 0.29) is 0 Å². The highest BCUT2D eigenvalue weighted by Gasteiger charge is 2.26. The van der Waals surface area contributed by atoms with E-state index in [0.717, 1.165) is 11.3 Å². The molecule has 1 heterocycles. The molecule has 1 aliphatic heterocycles. The van der Waals surface area contributed by atoms with E-state index in [9.17, 15) is 4.79 Å². The van der Waals surface area contributed by atoms with Crippen molar-refractivity contribution in [3.8, 4) is 5.75 Å². The van der Waals surface area contributed by atoms with Crippen LogP contribution in [0.5, 0.6) is 5.75 Å². The van der Waals surface area contributed by atoms with Crippen LogP contribution in [0.25, 0.3) is 0 Å². The molecular weight excluding hydrogens is 254 g/mol. The van der Waals surface area contributed by atoms with Gasteiger partial charge in [-0.05, 0) is 6.07 Å². The summed E-state index contributed by atoms with van der Waals surface area (Å²) in [6, 6.07) is 7.74. The maximum absolute atomic E-state index is 11.3. The number of ether oxygens (including phenoxy) is 1. The summed E-state index contributed by atoms with van der Waals surface area (Å²) in [5.74, 6) is 1.80. The van der Waals surface area contributed by atoms with E-state index in [4.69, 9.17) is 4.74 Å². The fourth-order valence-electron chi connectivity index (χ4n) is 1.59. The molecule has 1 aromatic rings. The predicted molar refractivity (Wildman–Crippen MR) is 73.8 cm³/mol. The maximum Gasteiger partial charge on any atom is 0.412 e. The average Bonchev–Trinajstić information content (AvgIpc) is 2.76. The van der Waals surface area contributed by atoms with Crippen LogP contribution >= 0.6 is 23.5 Å². The van der Waals surface area contributed by atoms with E-state index in [0.29, 0.717) is 15.6 Å². The second-order valence-electron chi connectivity index (χ2n) is 3.79. The molecular formula is C12H15NO2S2. The van der Waals surface area contributed by atoms with E-state index in [2.05, 4.69) is 12.2 Å². The Morgan fingerprint density at radius 2 is 2.24 bits per heavy atom. The van der Waals surface area contributed by atoms with Crippen molar-refractivity contribution in [3.63, 3.8) is 0 Å². The minimum absolute atomic E-state index is 0.367. The van der Waals surface area contributed by atoms with Crippen molar-refractivity contribution in [2.75, 3.05) is 12.8 Å². The number of para-hydroxylation sites is 1. The first-order chi connectivity index (χ1) is 8.20. The summed E-state index contributed by atoms with van der Waals surface area (Å²) in [5.41, 5.74) is 1.09. The van der Waals surface area contributed by atoms with Crippen molar-refractivity contribution in [1.29, 1.82) is 0 Å². The maximum atomic E-state index is 11.3. The highest BCUT2D eigenvalue weighted by molar-refractivity contribution is 8.19. The molecule has 0 saturated carbocycles. The molecule has 1 fully saturated rings. The van der Waals surface area contributed by atoms with Gasteiger partial charge in [0, 0.05) is 23.6 Å². The van der Waals surface area contributed by atoms with Crippen molar-refractivity contribution in [2.24, 2.45) is 0 Å². The van der Waals surface area contributed by atoms with E-state index < -0.39 is 6.09 Å². The molecule has 1 aliphatic rings. The molecule has 0 radical (unpaired) electrons. The van der Waals surface area contributed by atoms with Crippen molar-refractivity contribution >= 4 is 29.6 Å². The molecule has 0 aromatic heterocycles. The second kappa shape index (κ2) is 5.69. The smallest absolute Gasteiger partial charge is 0.410 e. The van der Waals surface area contributed by atoms with E-state index >= 15 is 0 Å². The number of nitrogens with one attached hydrogen (secondary N) is 1. The minimum atomic E-state index is -0.418. The number of rotatable bonds is 2. The third-order valence-corrected chi connectivity index (χ3v) is 5.75. The van der Waals surface area contributed by atoms with Gasteiger partial charge in [0.25, 0.3) is 0 Å². The summed E-state index contributed by atoms with van der Waals surface area (Å²) in [6.07, 6.45) is -0.418. The standard InChI is InChI=1S/C12H15NO2S2/c1-8-7-16-11(17-8)9-5-3-4-6-10(9)15-12(14)13-2/h3-6,8,11H,7H2,1-2H3,(H,13,14). The number of carbonyl (C=O) groups is 1. The summed E-state index contributed by atoms with van der Waals surface area (Å²) in [4.78, 5) is 11.3. The van der Waals surface area contributed by atoms with Crippen LogP contribution in [0.4, 0.5) is 4.79 Å². The highest BCUT2D eigenvalue weighted by Crippen LogP contribution is 2.51. The number of hydrogen-bond donors (Lipinski definition) is 1. The van der Waals surface area contributed by atoms with Gasteiger partial charge < -0.3 is 10.1 Å². The van der Waals surface area contributed by atoms with E-state index in [1.807, 2.05) is 47.8 Å². The van der Waals surface area contributed by atoms with Crippen LogP contribution in [-0.2, 0) is 0 Å². The predicted octanol–water partition coefficient (Wildman–Crippen LogP) is 3.27. The summed E-state index contributed by atoms with van der Waals surface area (Å²) in [7, 11) is 1.56. The van der Waals surface area contributed by atoms with Crippen molar-refractivity contribution < 1.29 is 9.53 Å². The molecule has 0 aliphatic carbocycles. The first-order valence-corrected chi connectivity index (χ1v) is 7.45. The van der Waals surface area contributed by atoms with Crippen LogP contribution in [0.3, 0.4) is 0 Å². The van der Waals surface area contributed by atoms with Crippen molar-refractivity contribution in [2.45, 2.75) is 16.8 Å². The lowest BCUT2D eigenvalue weighted by Crippen LogP contribution is -2.22. The second-order valence-corrected chi connectivity index (χ2v) is 6.77. The van der Waals surface area contributed by atoms with Gasteiger partial charge >= 0.3 is 6.09 Å². The first-order valence-electron chi connectivity index (χ1n) is 5.46. The molecule has 0 spiro atoms. The Hall–Kier alpha value is -0.810. The monoisotopic (exact) mass is 269 g/mol. The van der Waals surface area contributed by atoms with Gasteiger partial charge in [0.1, 0.15) is 5.75 Å². The van der Waals surface area contributed by atoms with Gasteiger partial charge in [-0.2, -0.15) is 0 Å². The normalized spacial score (nSPS) is 23.4. The van der Waals surface area contributed by atoms with Gasteiger partial charge in [-0.3, -0.25) is 0 Å². The van der Waals surface area contributed by atoms with Crippen LogP contribution < -0.4 is 10.1 Å². The molecule has 1 aromatic carbocycles. The quantitative estimate of drug-likeness (QED) is 0.894. The topological polar surface area (TPSA) is 38.3 Å². The highest BCUT2D eigenvalue weighted by atomic mass is 32.2. The van der Waals surface area contributed by atoms with Crippen LogP contribution in [-0.4, -0.2) is 24.1 Å². The summed E-state index contributed by atoms with van der Waals surface area (Å²) in [6.45, 7) is 2.22. The lowest BCUT2D eigenvalue weighted by Gasteiger charge is -2.14. The Kier molecular flexibility index (Phi) is 4.23. The molecule has 3 nitrogen and oxygen atoms in total. The molecule has 1 amide bonds. The van der Waals surface area contributed by atoms with Gasteiger partial charge in [-0.25, -0.2) is 4.79 Å². The number of benzene rings is 1. The summed E-state index contributed by atoms with van der Waals surface area (Å²) < 4.78 is 5.63. The molecule has 2 rings (SSSR count). The van der Waals surface area contributed by atoms with Crippen molar-refractivity contribution in [3.05, 3.63) is 29.8 Å². The van der Waals surface area contributed by atoms with Crippen molar-refractivity contribution in [1.82, 2.24) is 5.32 Å². The third kappa shape index (κ3) is 3.10. The van der Waals surface area contributed by atoms with E-state index in [1.165, 1.54) is 0 Å². The fraction of sp³-hybridized carbons (Fsp3) is 0.417. The molecule has 2 atom stereocenters. The van der Waals surface area contributed by atoms with Crippen LogP contribution in [0.1, 0.15) is 17.1 Å². The Morgan fingerprint density at radius 3 is 2.88 bits per heavy atom. The fourth-order valence-corrected chi connectivity index (χ4v) is 4.85. The van der Waals surface area contributed by atoms with Gasteiger partial charge in [-0.15, -0.1) is 23.5 Å².